The zero-order valence-corrected chi connectivity index (χ0v) is 20.0. The first-order valence-corrected chi connectivity index (χ1v) is 11.6. The maximum absolute atomic E-state index is 12.4. The van der Waals surface area contributed by atoms with E-state index in [4.69, 9.17) is 4.74 Å². The third kappa shape index (κ3) is 6.53. The summed E-state index contributed by atoms with van der Waals surface area (Å²) in [4.78, 5) is 12.4. The minimum Gasteiger partial charge on any atom is -0.483 e. The maximum atomic E-state index is 12.4. The van der Waals surface area contributed by atoms with E-state index in [1.54, 1.807) is 0 Å². The van der Waals surface area contributed by atoms with Gasteiger partial charge in [0, 0.05) is 0 Å². The van der Waals surface area contributed by atoms with E-state index < -0.39 is 0 Å². The smallest absolute Gasteiger partial charge is 0.277 e. The number of carbonyl (C=O) groups is 1. The average Bonchev–Trinajstić information content (AvgIpc) is 2.89. The highest BCUT2D eigenvalue weighted by molar-refractivity contribution is 9.10. The molecule has 0 unspecified atom stereocenters. The van der Waals surface area contributed by atoms with Gasteiger partial charge >= 0.3 is 0 Å². The number of allylic oxidation sites excluding steroid dienone is 2. The van der Waals surface area contributed by atoms with Crippen LogP contribution in [0.4, 0.5) is 0 Å². The summed E-state index contributed by atoms with van der Waals surface area (Å²) in [5.41, 5.74) is 5.27. The summed E-state index contributed by atoms with van der Waals surface area (Å²) in [5, 5.41) is 6.41. The van der Waals surface area contributed by atoms with Gasteiger partial charge in [0.05, 0.1) is 10.2 Å². The van der Waals surface area contributed by atoms with Crippen molar-refractivity contribution in [3.05, 3.63) is 125 Å². The van der Waals surface area contributed by atoms with Crippen LogP contribution in [0.3, 0.4) is 0 Å². The van der Waals surface area contributed by atoms with Crippen molar-refractivity contribution in [3.63, 3.8) is 0 Å². The number of rotatable bonds is 8. The van der Waals surface area contributed by atoms with E-state index in [0.717, 1.165) is 26.4 Å². The van der Waals surface area contributed by atoms with Crippen LogP contribution < -0.4 is 10.2 Å². The average molecular weight is 511 g/mol. The van der Waals surface area contributed by atoms with Gasteiger partial charge in [0.25, 0.3) is 5.91 Å². The van der Waals surface area contributed by atoms with Crippen molar-refractivity contribution in [1.82, 2.24) is 5.43 Å². The van der Waals surface area contributed by atoms with Crippen molar-refractivity contribution in [2.75, 3.05) is 6.61 Å². The summed E-state index contributed by atoms with van der Waals surface area (Å²) in [6, 6.07) is 31.6. The Kier molecular flexibility index (Phi) is 8.04. The Balaban J connectivity index is 1.44. The van der Waals surface area contributed by atoms with E-state index in [-0.39, 0.29) is 12.5 Å². The van der Waals surface area contributed by atoms with Gasteiger partial charge in [0.2, 0.25) is 0 Å². The Morgan fingerprint density at radius 2 is 1.38 bits per heavy atom. The first-order chi connectivity index (χ1) is 16.7. The third-order valence-corrected chi connectivity index (χ3v) is 5.81. The highest BCUT2D eigenvalue weighted by Crippen LogP contribution is 2.32. The molecule has 0 aromatic heterocycles. The van der Waals surface area contributed by atoms with E-state index >= 15 is 0 Å². The van der Waals surface area contributed by atoms with Crippen molar-refractivity contribution in [2.24, 2.45) is 5.10 Å². The number of benzene rings is 4. The van der Waals surface area contributed by atoms with Gasteiger partial charge in [-0.1, -0.05) is 103 Å². The van der Waals surface area contributed by atoms with Crippen molar-refractivity contribution in [2.45, 2.75) is 0 Å². The molecule has 0 aliphatic carbocycles. The molecule has 0 bridgehead atoms. The topological polar surface area (TPSA) is 50.7 Å². The van der Waals surface area contributed by atoms with Crippen LogP contribution in [-0.4, -0.2) is 18.2 Å². The Morgan fingerprint density at radius 1 is 0.794 bits per heavy atom. The molecule has 0 heterocycles. The number of hydrogen-bond donors (Lipinski definition) is 1. The fourth-order valence-electron chi connectivity index (χ4n) is 3.25. The van der Waals surface area contributed by atoms with Crippen LogP contribution in [0.25, 0.3) is 22.9 Å². The molecule has 0 saturated carbocycles. The van der Waals surface area contributed by atoms with E-state index in [0.29, 0.717) is 11.5 Å². The summed E-state index contributed by atoms with van der Waals surface area (Å²) < 4.78 is 6.55. The van der Waals surface area contributed by atoms with Crippen LogP contribution in [-0.2, 0) is 4.79 Å². The van der Waals surface area contributed by atoms with Crippen molar-refractivity contribution < 1.29 is 9.53 Å². The third-order valence-electron chi connectivity index (χ3n) is 4.99. The number of ether oxygens (including phenoxy) is 1. The second kappa shape index (κ2) is 11.8. The quantitative estimate of drug-likeness (QED) is 0.207. The van der Waals surface area contributed by atoms with Crippen LogP contribution in [0.2, 0.25) is 0 Å². The van der Waals surface area contributed by atoms with Crippen LogP contribution in [0.5, 0.6) is 5.75 Å². The molecule has 0 atom stereocenters. The number of nitrogens with one attached hydrogen (secondary N) is 1. The SMILES string of the molecule is O=C(COc1ccc2ccccc2c1Br)NN=C(/C=C/c1ccccc1)/C=C/c1ccccc1. The number of hydrazone groups is 1. The molecule has 1 amide bonds. The molecule has 0 saturated heterocycles. The largest absolute Gasteiger partial charge is 0.483 e. The number of carbonyl (C=O) groups excluding carboxylic acids is 1. The first-order valence-electron chi connectivity index (χ1n) is 10.8. The highest BCUT2D eigenvalue weighted by Gasteiger charge is 2.08. The number of hydrogen-bond acceptors (Lipinski definition) is 3. The predicted molar refractivity (Wildman–Crippen MR) is 144 cm³/mol. The number of nitrogens with zero attached hydrogens (tertiary/aromatic N) is 1. The molecule has 4 aromatic carbocycles. The van der Waals surface area contributed by atoms with Gasteiger partial charge in [-0.05, 0) is 56.0 Å². The molecule has 168 valence electrons. The summed E-state index contributed by atoms with van der Waals surface area (Å²) in [6.07, 6.45) is 7.61. The van der Waals surface area contributed by atoms with Gasteiger partial charge in [0.1, 0.15) is 5.75 Å². The van der Waals surface area contributed by atoms with Gasteiger partial charge in [-0.3, -0.25) is 4.79 Å². The van der Waals surface area contributed by atoms with E-state index in [1.807, 2.05) is 121 Å². The minimum absolute atomic E-state index is 0.154. The van der Waals surface area contributed by atoms with Crippen molar-refractivity contribution in [3.8, 4) is 5.75 Å². The fraction of sp³-hybridized carbons (Fsp3) is 0.0345. The molecular weight excluding hydrogens is 488 g/mol. The van der Waals surface area contributed by atoms with Gasteiger partial charge in [-0.15, -0.1) is 0 Å². The zero-order chi connectivity index (χ0) is 23.6. The lowest BCUT2D eigenvalue weighted by molar-refractivity contribution is -0.123. The summed E-state index contributed by atoms with van der Waals surface area (Å²) >= 11 is 3.58. The fourth-order valence-corrected chi connectivity index (χ4v) is 3.86. The Bertz CT molecular complexity index is 1300. The molecule has 0 radical (unpaired) electrons. The Morgan fingerprint density at radius 3 is 2.03 bits per heavy atom. The van der Waals surface area contributed by atoms with Gasteiger partial charge < -0.3 is 4.74 Å². The summed E-state index contributed by atoms with van der Waals surface area (Å²) in [6.45, 7) is -0.154. The number of amides is 1. The normalized spacial score (nSPS) is 11.1. The molecule has 0 spiro atoms. The van der Waals surface area contributed by atoms with Gasteiger partial charge in [0.15, 0.2) is 6.61 Å². The lowest BCUT2D eigenvalue weighted by Crippen LogP contribution is -2.25. The van der Waals surface area contributed by atoms with Crippen molar-refractivity contribution >= 4 is 50.5 Å². The molecule has 1 N–H and O–H groups in total. The Labute approximate surface area is 207 Å². The molecule has 4 aromatic rings. The molecular formula is C29H23BrN2O2. The van der Waals surface area contributed by atoms with Crippen molar-refractivity contribution in [1.29, 1.82) is 0 Å². The van der Waals surface area contributed by atoms with Crippen LogP contribution >= 0.6 is 15.9 Å². The van der Waals surface area contributed by atoms with Crippen LogP contribution in [0, 0.1) is 0 Å². The molecule has 0 aliphatic heterocycles. The second-order valence-electron chi connectivity index (χ2n) is 7.45. The summed E-state index contributed by atoms with van der Waals surface area (Å²) in [5.74, 6) is 0.254. The molecule has 4 nitrogen and oxygen atoms in total. The van der Waals surface area contributed by atoms with Crippen LogP contribution in [0.1, 0.15) is 11.1 Å². The standard InChI is InChI=1S/C29H23BrN2O2/c30-29-26-14-8-7-13-24(26)17-20-27(29)34-21-28(33)32-31-25(18-15-22-9-3-1-4-10-22)19-16-23-11-5-2-6-12-23/h1-20H,21H2,(H,32,33)/b18-15+,19-16+. The number of halogens is 1. The lowest BCUT2D eigenvalue weighted by atomic mass is 10.1. The Hall–Kier alpha value is -3.96. The van der Waals surface area contributed by atoms with E-state index in [9.17, 15) is 4.79 Å². The molecule has 0 aliphatic rings. The van der Waals surface area contributed by atoms with Gasteiger partial charge in [-0.25, -0.2) is 5.43 Å². The minimum atomic E-state index is -0.348. The molecule has 0 fully saturated rings. The second-order valence-corrected chi connectivity index (χ2v) is 8.24. The lowest BCUT2D eigenvalue weighted by Gasteiger charge is -2.09. The highest BCUT2D eigenvalue weighted by atomic mass is 79.9. The molecule has 4 rings (SSSR count). The molecule has 34 heavy (non-hydrogen) atoms. The molecule has 5 heteroatoms. The maximum Gasteiger partial charge on any atom is 0.277 e. The monoisotopic (exact) mass is 510 g/mol. The van der Waals surface area contributed by atoms with E-state index in [2.05, 4.69) is 26.5 Å². The van der Waals surface area contributed by atoms with Gasteiger partial charge in [-0.2, -0.15) is 5.10 Å². The van der Waals surface area contributed by atoms with Crippen LogP contribution in [0.15, 0.2) is 119 Å². The predicted octanol–water partition coefficient (Wildman–Crippen LogP) is 6.88. The first kappa shape index (κ1) is 23.2. The van der Waals surface area contributed by atoms with E-state index in [1.165, 1.54) is 0 Å². The summed E-state index contributed by atoms with van der Waals surface area (Å²) in [7, 11) is 0. The zero-order valence-electron chi connectivity index (χ0n) is 18.4. The number of fused-ring (bicyclic) bond motifs is 1.